The first kappa shape index (κ1) is 10.9. The molecule has 4 heteroatoms. The Labute approximate surface area is 90.8 Å². The summed E-state index contributed by atoms with van der Waals surface area (Å²) in [7, 11) is 0. The van der Waals surface area contributed by atoms with Gasteiger partial charge >= 0.3 is 0 Å². The standard InChI is InChI=1S/C11H20N2O2/c1-2-9-8(5-7-15-9)11(13-12)10-4-3-6-14-10/h4,8-9,11,13H,2-3,5-7,12H2,1H3. The van der Waals surface area contributed by atoms with Gasteiger partial charge in [-0.15, -0.1) is 0 Å². The van der Waals surface area contributed by atoms with E-state index in [0.717, 1.165) is 38.2 Å². The lowest BCUT2D eigenvalue weighted by atomic mass is 9.90. The summed E-state index contributed by atoms with van der Waals surface area (Å²) in [6.45, 7) is 3.78. The molecule has 0 radical (unpaired) electrons. The molecule has 3 atom stereocenters. The highest BCUT2D eigenvalue weighted by Crippen LogP contribution is 2.31. The molecule has 0 aliphatic carbocycles. The lowest BCUT2D eigenvalue weighted by Gasteiger charge is -2.26. The molecule has 1 saturated heterocycles. The summed E-state index contributed by atoms with van der Waals surface area (Å²) in [5, 5.41) is 0. The van der Waals surface area contributed by atoms with Crippen LogP contribution in [0.15, 0.2) is 11.8 Å². The molecule has 0 bridgehead atoms. The zero-order chi connectivity index (χ0) is 10.7. The third kappa shape index (κ3) is 2.17. The number of rotatable bonds is 4. The largest absolute Gasteiger partial charge is 0.496 e. The van der Waals surface area contributed by atoms with Crippen molar-refractivity contribution in [3.63, 3.8) is 0 Å². The van der Waals surface area contributed by atoms with Gasteiger partial charge in [0.25, 0.3) is 0 Å². The number of nitrogens with one attached hydrogen (secondary N) is 1. The smallest absolute Gasteiger partial charge is 0.111 e. The van der Waals surface area contributed by atoms with E-state index in [9.17, 15) is 0 Å². The van der Waals surface area contributed by atoms with Crippen molar-refractivity contribution in [3.05, 3.63) is 11.8 Å². The molecule has 3 unspecified atom stereocenters. The first-order valence-corrected chi connectivity index (χ1v) is 5.77. The van der Waals surface area contributed by atoms with Gasteiger partial charge in [0.2, 0.25) is 0 Å². The molecule has 2 rings (SSSR count). The highest BCUT2D eigenvalue weighted by Gasteiger charge is 2.36. The fourth-order valence-electron chi connectivity index (χ4n) is 2.54. The van der Waals surface area contributed by atoms with Crippen molar-refractivity contribution in [1.29, 1.82) is 0 Å². The van der Waals surface area contributed by atoms with Crippen molar-refractivity contribution >= 4 is 0 Å². The summed E-state index contributed by atoms with van der Waals surface area (Å²) >= 11 is 0. The highest BCUT2D eigenvalue weighted by atomic mass is 16.5. The Morgan fingerprint density at radius 2 is 2.47 bits per heavy atom. The van der Waals surface area contributed by atoms with Crippen LogP contribution in [0.4, 0.5) is 0 Å². The van der Waals surface area contributed by atoms with Gasteiger partial charge in [0, 0.05) is 18.9 Å². The first-order chi connectivity index (χ1) is 7.36. The van der Waals surface area contributed by atoms with Crippen LogP contribution in [0, 0.1) is 5.92 Å². The zero-order valence-corrected chi connectivity index (χ0v) is 9.24. The van der Waals surface area contributed by atoms with E-state index in [1.807, 2.05) is 0 Å². The molecule has 86 valence electrons. The number of hydrogen-bond donors (Lipinski definition) is 2. The second-order valence-corrected chi connectivity index (χ2v) is 4.16. The average molecular weight is 212 g/mol. The van der Waals surface area contributed by atoms with E-state index in [4.69, 9.17) is 15.3 Å². The minimum atomic E-state index is 0.125. The second kappa shape index (κ2) is 4.96. The first-order valence-electron chi connectivity index (χ1n) is 5.77. The van der Waals surface area contributed by atoms with E-state index >= 15 is 0 Å². The van der Waals surface area contributed by atoms with Crippen molar-refractivity contribution in [1.82, 2.24) is 5.43 Å². The molecule has 0 saturated carbocycles. The van der Waals surface area contributed by atoms with Gasteiger partial charge in [-0.3, -0.25) is 5.84 Å². The maximum atomic E-state index is 5.68. The number of nitrogens with two attached hydrogens (primary N) is 1. The van der Waals surface area contributed by atoms with Gasteiger partial charge in [-0.2, -0.15) is 0 Å². The Bertz CT molecular complexity index is 243. The normalized spacial score (nSPS) is 32.5. The average Bonchev–Trinajstić information content (AvgIpc) is 2.89. The molecule has 0 aromatic heterocycles. The third-order valence-corrected chi connectivity index (χ3v) is 3.31. The van der Waals surface area contributed by atoms with Crippen molar-refractivity contribution in [2.45, 2.75) is 38.3 Å². The van der Waals surface area contributed by atoms with Gasteiger partial charge in [0.05, 0.1) is 18.8 Å². The quantitative estimate of drug-likeness (QED) is 0.538. The minimum Gasteiger partial charge on any atom is -0.496 e. The van der Waals surface area contributed by atoms with Crippen molar-refractivity contribution in [3.8, 4) is 0 Å². The molecular weight excluding hydrogens is 192 g/mol. The molecule has 0 aromatic rings. The molecular formula is C11H20N2O2. The maximum absolute atomic E-state index is 5.68. The van der Waals surface area contributed by atoms with Crippen LogP contribution in [0.5, 0.6) is 0 Å². The summed E-state index contributed by atoms with van der Waals surface area (Å²) in [6.07, 6.45) is 5.55. The molecule has 2 aliphatic rings. The summed E-state index contributed by atoms with van der Waals surface area (Å²) in [5.41, 5.74) is 2.88. The van der Waals surface area contributed by atoms with Crippen LogP contribution in [0.3, 0.4) is 0 Å². The van der Waals surface area contributed by atoms with Gasteiger partial charge in [-0.25, -0.2) is 5.43 Å². The predicted octanol–water partition coefficient (Wildman–Crippen LogP) is 0.938. The van der Waals surface area contributed by atoms with Crippen LogP contribution in [0.25, 0.3) is 0 Å². The van der Waals surface area contributed by atoms with Crippen LogP contribution >= 0.6 is 0 Å². The number of ether oxygens (including phenoxy) is 2. The van der Waals surface area contributed by atoms with Crippen LogP contribution in [-0.4, -0.2) is 25.4 Å². The number of hydrogen-bond acceptors (Lipinski definition) is 4. The summed E-state index contributed by atoms with van der Waals surface area (Å²) in [5.74, 6) is 7.08. The third-order valence-electron chi connectivity index (χ3n) is 3.31. The fourth-order valence-corrected chi connectivity index (χ4v) is 2.54. The molecule has 2 aliphatic heterocycles. The van der Waals surface area contributed by atoms with Crippen molar-refractivity contribution < 1.29 is 9.47 Å². The Hall–Kier alpha value is -0.580. The highest BCUT2D eigenvalue weighted by molar-refractivity contribution is 5.10. The molecule has 0 aromatic carbocycles. The molecule has 3 N–H and O–H groups in total. The van der Waals surface area contributed by atoms with Crippen molar-refractivity contribution in [2.75, 3.05) is 13.2 Å². The monoisotopic (exact) mass is 212 g/mol. The van der Waals surface area contributed by atoms with E-state index in [1.54, 1.807) is 0 Å². The lowest BCUT2D eigenvalue weighted by molar-refractivity contribution is 0.0731. The molecule has 4 nitrogen and oxygen atoms in total. The van der Waals surface area contributed by atoms with Gasteiger partial charge < -0.3 is 9.47 Å². The molecule has 0 amide bonds. The fraction of sp³-hybridized carbons (Fsp3) is 0.818. The van der Waals surface area contributed by atoms with E-state index in [0.29, 0.717) is 12.0 Å². The second-order valence-electron chi connectivity index (χ2n) is 4.16. The topological polar surface area (TPSA) is 56.5 Å². The molecule has 1 fully saturated rings. The van der Waals surface area contributed by atoms with Gasteiger partial charge in [-0.1, -0.05) is 6.92 Å². The Morgan fingerprint density at radius 1 is 1.60 bits per heavy atom. The SMILES string of the molecule is CCC1OCCC1C(NN)C1=CCCO1. The predicted molar refractivity (Wildman–Crippen MR) is 57.9 cm³/mol. The Morgan fingerprint density at radius 3 is 3.07 bits per heavy atom. The van der Waals surface area contributed by atoms with Crippen LogP contribution in [-0.2, 0) is 9.47 Å². The summed E-state index contributed by atoms with van der Waals surface area (Å²) in [4.78, 5) is 0. The van der Waals surface area contributed by atoms with Crippen molar-refractivity contribution in [2.24, 2.45) is 11.8 Å². The molecule has 0 spiro atoms. The Kier molecular flexibility index (Phi) is 3.61. The number of hydrazine groups is 1. The van der Waals surface area contributed by atoms with E-state index in [2.05, 4.69) is 18.4 Å². The molecule has 15 heavy (non-hydrogen) atoms. The van der Waals surface area contributed by atoms with Crippen LogP contribution < -0.4 is 11.3 Å². The summed E-state index contributed by atoms with van der Waals surface area (Å²) in [6, 6.07) is 0.125. The minimum absolute atomic E-state index is 0.125. The molecule has 2 heterocycles. The summed E-state index contributed by atoms with van der Waals surface area (Å²) < 4.78 is 11.3. The zero-order valence-electron chi connectivity index (χ0n) is 9.24. The van der Waals surface area contributed by atoms with Gasteiger partial charge in [0.1, 0.15) is 5.76 Å². The van der Waals surface area contributed by atoms with E-state index < -0.39 is 0 Å². The lowest BCUT2D eigenvalue weighted by Crippen LogP contribution is -2.45. The van der Waals surface area contributed by atoms with Gasteiger partial charge in [-0.05, 0) is 18.9 Å². The Balaban J connectivity index is 2.04. The van der Waals surface area contributed by atoms with E-state index in [-0.39, 0.29) is 6.04 Å². The van der Waals surface area contributed by atoms with E-state index in [1.165, 1.54) is 0 Å². The van der Waals surface area contributed by atoms with Gasteiger partial charge in [0.15, 0.2) is 0 Å². The van der Waals surface area contributed by atoms with Crippen LogP contribution in [0.1, 0.15) is 26.2 Å². The maximum Gasteiger partial charge on any atom is 0.111 e. The van der Waals surface area contributed by atoms with Crippen LogP contribution in [0.2, 0.25) is 0 Å².